The van der Waals surface area contributed by atoms with Crippen molar-refractivity contribution in [3.63, 3.8) is 0 Å². The first kappa shape index (κ1) is 22.3. The zero-order valence-corrected chi connectivity index (χ0v) is 18.6. The highest BCUT2D eigenvalue weighted by Crippen LogP contribution is 2.24. The maximum Gasteiger partial charge on any atom is 0.291 e. The maximum atomic E-state index is 13.2. The third-order valence-corrected chi connectivity index (χ3v) is 5.86. The van der Waals surface area contributed by atoms with Crippen LogP contribution < -0.4 is 4.74 Å². The Hall–Kier alpha value is -3.94. The van der Waals surface area contributed by atoms with Crippen LogP contribution in [0.25, 0.3) is 11.1 Å². The minimum atomic E-state index is -0.355. The molecule has 1 atom stereocenters. The van der Waals surface area contributed by atoms with Gasteiger partial charge in [-0.3, -0.25) is 14.7 Å². The van der Waals surface area contributed by atoms with Gasteiger partial charge in [0.2, 0.25) is 11.7 Å². The quantitative estimate of drug-likeness (QED) is 0.565. The Morgan fingerprint density at radius 1 is 1.15 bits per heavy atom. The first-order valence-corrected chi connectivity index (χ1v) is 10.9. The number of carbonyl (C=O) groups excluding carboxylic acids is 2. The lowest BCUT2D eigenvalue weighted by Crippen LogP contribution is -2.38. The van der Waals surface area contributed by atoms with E-state index in [2.05, 4.69) is 33.9 Å². The normalized spacial score (nSPS) is 16.4. The van der Waals surface area contributed by atoms with Gasteiger partial charge >= 0.3 is 0 Å². The van der Waals surface area contributed by atoms with Crippen molar-refractivity contribution in [1.82, 2.24) is 25.0 Å². The molecule has 4 rings (SSSR count). The summed E-state index contributed by atoms with van der Waals surface area (Å²) in [5, 5.41) is 6.39. The Balaban J connectivity index is 1.52. The highest BCUT2D eigenvalue weighted by Gasteiger charge is 2.33. The maximum absolute atomic E-state index is 13.2. The number of ether oxygens (including phenoxy) is 1. The van der Waals surface area contributed by atoms with Gasteiger partial charge in [0.05, 0.1) is 13.0 Å². The van der Waals surface area contributed by atoms with Gasteiger partial charge in [0.15, 0.2) is 0 Å². The first-order valence-electron chi connectivity index (χ1n) is 10.9. The van der Waals surface area contributed by atoms with Gasteiger partial charge in [0, 0.05) is 26.2 Å². The lowest BCUT2D eigenvalue weighted by molar-refractivity contribution is -0.134. The second kappa shape index (κ2) is 10.1. The van der Waals surface area contributed by atoms with Crippen molar-refractivity contribution in [2.75, 3.05) is 33.3 Å². The van der Waals surface area contributed by atoms with Crippen molar-refractivity contribution in [3.8, 4) is 16.9 Å². The molecule has 170 valence electrons. The van der Waals surface area contributed by atoms with Crippen molar-refractivity contribution < 1.29 is 14.3 Å². The standard InChI is InChI=1S/C25H27N5O3/c1-3-12-29-13-14-30(25(32)23-26-17-27-28-23)16-21(24(29)31)15-18-4-6-19(7-5-18)20-8-10-22(33-2)11-9-20/h3-11,17,21H,1,12-16H2,2H3,(H,26,27,28). The van der Waals surface area contributed by atoms with Crippen LogP contribution in [0.2, 0.25) is 0 Å². The Morgan fingerprint density at radius 3 is 2.45 bits per heavy atom. The molecule has 0 aliphatic carbocycles. The van der Waals surface area contributed by atoms with Crippen LogP contribution in [0.5, 0.6) is 5.75 Å². The summed E-state index contributed by atoms with van der Waals surface area (Å²) in [7, 11) is 1.65. The van der Waals surface area contributed by atoms with Crippen LogP contribution in [-0.2, 0) is 11.2 Å². The number of rotatable bonds is 7. The van der Waals surface area contributed by atoms with Crippen molar-refractivity contribution in [2.45, 2.75) is 6.42 Å². The summed E-state index contributed by atoms with van der Waals surface area (Å²) in [6, 6.07) is 16.1. The Labute approximate surface area is 192 Å². The van der Waals surface area contributed by atoms with Gasteiger partial charge in [-0.2, -0.15) is 5.10 Å². The SMILES string of the molecule is C=CCN1CCN(C(=O)c2ncn[nH]2)CC(Cc2ccc(-c3ccc(OC)cc3)cc2)C1=O. The third-order valence-electron chi connectivity index (χ3n) is 5.86. The summed E-state index contributed by atoms with van der Waals surface area (Å²) in [6.07, 6.45) is 3.56. The third kappa shape index (κ3) is 5.11. The zero-order valence-electron chi connectivity index (χ0n) is 18.6. The molecule has 8 heteroatoms. The van der Waals surface area contributed by atoms with Crippen molar-refractivity contribution in [3.05, 3.63) is 78.9 Å². The van der Waals surface area contributed by atoms with Crippen LogP contribution >= 0.6 is 0 Å². The molecule has 1 aliphatic heterocycles. The van der Waals surface area contributed by atoms with Crippen LogP contribution in [0.4, 0.5) is 0 Å². The van der Waals surface area contributed by atoms with E-state index in [1.165, 1.54) is 6.33 Å². The summed E-state index contributed by atoms with van der Waals surface area (Å²) < 4.78 is 5.22. The molecule has 1 unspecified atom stereocenters. The monoisotopic (exact) mass is 445 g/mol. The van der Waals surface area contributed by atoms with E-state index in [1.807, 2.05) is 36.4 Å². The van der Waals surface area contributed by atoms with Crippen LogP contribution in [-0.4, -0.2) is 70.1 Å². The molecule has 0 spiro atoms. The number of carbonyl (C=O) groups is 2. The van der Waals surface area contributed by atoms with E-state index in [-0.39, 0.29) is 23.6 Å². The molecule has 0 bridgehead atoms. The number of benzene rings is 2. The lowest BCUT2D eigenvalue weighted by atomic mass is 9.95. The van der Waals surface area contributed by atoms with E-state index >= 15 is 0 Å². The van der Waals surface area contributed by atoms with Gasteiger partial charge in [-0.15, -0.1) is 6.58 Å². The molecule has 1 aromatic heterocycles. The number of aromatic amines is 1. The number of hydrogen-bond acceptors (Lipinski definition) is 5. The van der Waals surface area contributed by atoms with Crippen LogP contribution in [0, 0.1) is 5.92 Å². The molecule has 0 saturated carbocycles. The van der Waals surface area contributed by atoms with Crippen LogP contribution in [0.3, 0.4) is 0 Å². The molecule has 2 amide bonds. The fourth-order valence-corrected chi connectivity index (χ4v) is 4.08. The summed E-state index contributed by atoms with van der Waals surface area (Å²) in [5.74, 6) is 0.423. The fourth-order valence-electron chi connectivity index (χ4n) is 4.08. The molecule has 2 aromatic carbocycles. The van der Waals surface area contributed by atoms with Gasteiger partial charge < -0.3 is 14.5 Å². The van der Waals surface area contributed by atoms with Gasteiger partial charge in [-0.25, -0.2) is 4.98 Å². The summed E-state index contributed by atoms with van der Waals surface area (Å²) >= 11 is 0. The van der Waals surface area contributed by atoms with E-state index in [0.717, 1.165) is 22.4 Å². The molecular formula is C25H27N5O3. The first-order chi connectivity index (χ1) is 16.1. The number of hydrogen-bond donors (Lipinski definition) is 1. The molecule has 33 heavy (non-hydrogen) atoms. The van der Waals surface area contributed by atoms with Gasteiger partial charge in [-0.05, 0) is 35.2 Å². The average molecular weight is 446 g/mol. The van der Waals surface area contributed by atoms with Crippen LogP contribution in [0.1, 0.15) is 16.2 Å². The molecule has 1 N–H and O–H groups in total. The molecule has 1 fully saturated rings. The largest absolute Gasteiger partial charge is 0.497 e. The van der Waals surface area contributed by atoms with Gasteiger partial charge in [0.1, 0.15) is 12.1 Å². The minimum absolute atomic E-state index is 0.0296. The van der Waals surface area contributed by atoms with Crippen LogP contribution in [0.15, 0.2) is 67.5 Å². The van der Waals surface area contributed by atoms with Crippen molar-refractivity contribution >= 4 is 11.8 Å². The molecule has 2 heterocycles. The topological polar surface area (TPSA) is 91.4 Å². The number of amides is 2. The number of nitrogens with zero attached hydrogens (tertiary/aromatic N) is 4. The Kier molecular flexibility index (Phi) is 6.83. The summed E-state index contributed by atoms with van der Waals surface area (Å²) in [4.78, 5) is 33.5. The number of nitrogens with one attached hydrogen (secondary N) is 1. The van der Waals surface area contributed by atoms with Gasteiger partial charge in [-0.1, -0.05) is 42.5 Å². The predicted octanol–water partition coefficient (Wildman–Crippen LogP) is 2.81. The minimum Gasteiger partial charge on any atom is -0.497 e. The molecule has 3 aromatic rings. The van der Waals surface area contributed by atoms with E-state index in [0.29, 0.717) is 32.6 Å². The second-order valence-corrected chi connectivity index (χ2v) is 7.98. The second-order valence-electron chi connectivity index (χ2n) is 7.98. The summed E-state index contributed by atoms with van der Waals surface area (Å²) in [6.45, 7) is 5.44. The number of methoxy groups -OCH3 is 1. The smallest absolute Gasteiger partial charge is 0.291 e. The van der Waals surface area contributed by atoms with E-state index < -0.39 is 0 Å². The fraction of sp³-hybridized carbons (Fsp3) is 0.280. The Bertz CT molecular complexity index is 1090. The van der Waals surface area contributed by atoms with E-state index in [4.69, 9.17) is 4.74 Å². The molecule has 0 radical (unpaired) electrons. The summed E-state index contributed by atoms with van der Waals surface area (Å²) in [5.41, 5.74) is 3.22. The van der Waals surface area contributed by atoms with Crippen molar-refractivity contribution in [2.24, 2.45) is 5.92 Å². The Morgan fingerprint density at radius 2 is 1.85 bits per heavy atom. The number of aromatic nitrogens is 3. The van der Waals surface area contributed by atoms with Gasteiger partial charge in [0.25, 0.3) is 5.91 Å². The average Bonchev–Trinajstić information content (AvgIpc) is 3.35. The lowest BCUT2D eigenvalue weighted by Gasteiger charge is -2.23. The highest BCUT2D eigenvalue weighted by atomic mass is 16.5. The zero-order chi connectivity index (χ0) is 23.2. The van der Waals surface area contributed by atoms with Crippen molar-refractivity contribution in [1.29, 1.82) is 0 Å². The predicted molar refractivity (Wildman–Crippen MR) is 125 cm³/mol. The van der Waals surface area contributed by atoms with E-state index in [9.17, 15) is 9.59 Å². The molecule has 1 saturated heterocycles. The molecular weight excluding hydrogens is 418 g/mol. The van der Waals surface area contributed by atoms with E-state index in [1.54, 1.807) is 23.0 Å². The molecule has 8 nitrogen and oxygen atoms in total. The number of H-pyrrole nitrogens is 1. The highest BCUT2D eigenvalue weighted by molar-refractivity contribution is 5.91. The molecule has 1 aliphatic rings.